The van der Waals surface area contributed by atoms with E-state index in [1.54, 1.807) is 0 Å². The van der Waals surface area contributed by atoms with Gasteiger partial charge < -0.3 is 9.47 Å². The van der Waals surface area contributed by atoms with Crippen LogP contribution in [0.5, 0.6) is 0 Å². The van der Waals surface area contributed by atoms with Crippen molar-refractivity contribution in [1.82, 2.24) is 0 Å². The Morgan fingerprint density at radius 3 is 2.78 bits per heavy atom. The van der Waals surface area contributed by atoms with Gasteiger partial charge in [0.15, 0.2) is 0 Å². The molecule has 0 aliphatic carbocycles. The van der Waals surface area contributed by atoms with Crippen LogP contribution in [0.1, 0.15) is 30.7 Å². The van der Waals surface area contributed by atoms with E-state index in [2.05, 4.69) is 40.2 Å². The minimum absolute atomic E-state index is 0.311. The van der Waals surface area contributed by atoms with Crippen LogP contribution in [0.2, 0.25) is 0 Å². The first kappa shape index (κ1) is 14.0. The van der Waals surface area contributed by atoms with E-state index in [9.17, 15) is 0 Å². The first-order valence-corrected chi connectivity index (χ1v) is 7.82. The number of rotatable bonds is 6. The van der Waals surface area contributed by atoms with Crippen LogP contribution in [0.3, 0.4) is 0 Å². The molecule has 1 aromatic rings. The zero-order valence-corrected chi connectivity index (χ0v) is 12.3. The van der Waals surface area contributed by atoms with Crippen LogP contribution in [-0.2, 0) is 9.47 Å². The molecule has 2 unspecified atom stereocenters. The van der Waals surface area contributed by atoms with Gasteiger partial charge in [0.1, 0.15) is 0 Å². The summed E-state index contributed by atoms with van der Waals surface area (Å²) in [6.45, 7) is 2.39. The number of hydrogen-bond donors (Lipinski definition) is 0. The lowest BCUT2D eigenvalue weighted by molar-refractivity contribution is -0.0422. The Morgan fingerprint density at radius 2 is 2.11 bits per heavy atom. The van der Waals surface area contributed by atoms with Crippen LogP contribution in [0, 0.1) is 0 Å². The molecule has 1 saturated heterocycles. The minimum atomic E-state index is 0.311. The molecule has 18 heavy (non-hydrogen) atoms. The van der Waals surface area contributed by atoms with Crippen molar-refractivity contribution in [3.8, 4) is 0 Å². The van der Waals surface area contributed by atoms with Gasteiger partial charge in [0.25, 0.3) is 0 Å². The van der Waals surface area contributed by atoms with Gasteiger partial charge >= 0.3 is 0 Å². The van der Waals surface area contributed by atoms with Gasteiger partial charge in [-0.25, -0.2) is 0 Å². The van der Waals surface area contributed by atoms with Crippen LogP contribution in [0.4, 0.5) is 0 Å². The fraction of sp³-hybridized carbons (Fsp3) is 0.600. The molecule has 0 spiro atoms. The molecule has 2 rings (SSSR count). The van der Waals surface area contributed by atoms with Crippen molar-refractivity contribution in [1.29, 1.82) is 0 Å². The van der Waals surface area contributed by atoms with Crippen LogP contribution < -0.4 is 0 Å². The molecule has 0 bridgehead atoms. The zero-order chi connectivity index (χ0) is 12.6. The Morgan fingerprint density at radius 1 is 1.28 bits per heavy atom. The van der Waals surface area contributed by atoms with E-state index in [1.165, 1.54) is 18.4 Å². The summed E-state index contributed by atoms with van der Waals surface area (Å²) >= 11 is 3.57. The Labute approximate surface area is 118 Å². The SMILES string of the molecule is BrCC(COCC1CCCCO1)c1ccccc1. The molecule has 2 atom stereocenters. The fourth-order valence-electron chi connectivity index (χ4n) is 2.24. The van der Waals surface area contributed by atoms with Crippen molar-refractivity contribution in [3.63, 3.8) is 0 Å². The monoisotopic (exact) mass is 312 g/mol. The van der Waals surface area contributed by atoms with Crippen molar-refractivity contribution in [3.05, 3.63) is 35.9 Å². The Kier molecular flexibility index (Phi) is 6.18. The predicted molar refractivity (Wildman–Crippen MR) is 77.4 cm³/mol. The molecule has 0 amide bonds. The quantitative estimate of drug-likeness (QED) is 0.745. The largest absolute Gasteiger partial charge is 0.378 e. The summed E-state index contributed by atoms with van der Waals surface area (Å²) in [5, 5.41) is 0.933. The standard InChI is InChI=1S/C15H21BrO2/c16-10-14(13-6-2-1-3-7-13)11-17-12-15-8-4-5-9-18-15/h1-3,6-7,14-15H,4-5,8-12H2. The first-order valence-electron chi connectivity index (χ1n) is 6.70. The molecular formula is C15H21BrO2. The van der Waals surface area contributed by atoms with Crippen molar-refractivity contribution >= 4 is 15.9 Å². The number of ether oxygens (including phenoxy) is 2. The lowest BCUT2D eigenvalue weighted by Gasteiger charge is -2.23. The van der Waals surface area contributed by atoms with Gasteiger partial charge in [0.2, 0.25) is 0 Å². The van der Waals surface area contributed by atoms with Crippen molar-refractivity contribution < 1.29 is 9.47 Å². The van der Waals surface area contributed by atoms with Gasteiger partial charge in [0, 0.05) is 17.9 Å². The number of halogens is 1. The molecule has 1 aliphatic heterocycles. The maximum atomic E-state index is 5.83. The molecule has 0 radical (unpaired) electrons. The van der Waals surface area contributed by atoms with Crippen LogP contribution in [0.15, 0.2) is 30.3 Å². The molecule has 3 heteroatoms. The highest BCUT2D eigenvalue weighted by atomic mass is 79.9. The third kappa shape index (κ3) is 4.38. The second-order valence-electron chi connectivity index (χ2n) is 4.79. The average Bonchev–Trinajstić information content (AvgIpc) is 2.46. The molecule has 1 aromatic carbocycles. The molecule has 2 nitrogen and oxygen atoms in total. The number of benzene rings is 1. The van der Waals surface area contributed by atoms with Gasteiger partial charge in [-0.3, -0.25) is 0 Å². The summed E-state index contributed by atoms with van der Waals surface area (Å²) in [5.41, 5.74) is 1.33. The zero-order valence-electron chi connectivity index (χ0n) is 10.7. The van der Waals surface area contributed by atoms with Gasteiger partial charge in [0.05, 0.1) is 19.3 Å². The molecule has 0 aromatic heterocycles. The topological polar surface area (TPSA) is 18.5 Å². The van der Waals surface area contributed by atoms with E-state index in [0.717, 1.165) is 31.6 Å². The van der Waals surface area contributed by atoms with Gasteiger partial charge in [-0.05, 0) is 24.8 Å². The summed E-state index contributed by atoms with van der Waals surface area (Å²) in [6.07, 6.45) is 3.93. The van der Waals surface area contributed by atoms with Gasteiger partial charge in [-0.1, -0.05) is 46.3 Å². The second-order valence-corrected chi connectivity index (χ2v) is 5.44. The third-order valence-electron chi connectivity index (χ3n) is 3.35. The van der Waals surface area contributed by atoms with E-state index in [4.69, 9.17) is 9.47 Å². The van der Waals surface area contributed by atoms with E-state index in [1.807, 2.05) is 6.07 Å². The van der Waals surface area contributed by atoms with Crippen LogP contribution >= 0.6 is 15.9 Å². The Balaban J connectivity index is 1.73. The van der Waals surface area contributed by atoms with Crippen molar-refractivity contribution in [2.45, 2.75) is 31.3 Å². The average molecular weight is 313 g/mol. The predicted octanol–water partition coefficient (Wildman–Crippen LogP) is 3.75. The molecular weight excluding hydrogens is 292 g/mol. The maximum absolute atomic E-state index is 5.83. The smallest absolute Gasteiger partial charge is 0.0808 e. The number of alkyl halides is 1. The highest BCUT2D eigenvalue weighted by molar-refractivity contribution is 9.09. The van der Waals surface area contributed by atoms with E-state index in [0.29, 0.717) is 12.0 Å². The Hall–Kier alpha value is -0.380. The van der Waals surface area contributed by atoms with Crippen LogP contribution in [-0.4, -0.2) is 31.3 Å². The van der Waals surface area contributed by atoms with Gasteiger partial charge in [-0.2, -0.15) is 0 Å². The summed E-state index contributed by atoms with van der Waals surface area (Å²) in [4.78, 5) is 0. The first-order chi connectivity index (χ1) is 8.90. The number of hydrogen-bond acceptors (Lipinski definition) is 2. The van der Waals surface area contributed by atoms with E-state index >= 15 is 0 Å². The van der Waals surface area contributed by atoms with Crippen molar-refractivity contribution in [2.24, 2.45) is 0 Å². The Bertz CT molecular complexity index is 323. The van der Waals surface area contributed by atoms with E-state index in [-0.39, 0.29) is 0 Å². The summed E-state index contributed by atoms with van der Waals surface area (Å²) in [7, 11) is 0. The molecule has 1 aliphatic rings. The lowest BCUT2D eigenvalue weighted by Crippen LogP contribution is -2.25. The van der Waals surface area contributed by atoms with Crippen molar-refractivity contribution in [2.75, 3.05) is 25.2 Å². The minimum Gasteiger partial charge on any atom is -0.378 e. The highest BCUT2D eigenvalue weighted by Crippen LogP contribution is 2.19. The second kappa shape index (κ2) is 7.93. The highest BCUT2D eigenvalue weighted by Gasteiger charge is 2.15. The normalized spacial score (nSPS) is 21.7. The summed E-state index contributed by atoms with van der Waals surface area (Å²) in [5.74, 6) is 0.426. The molecule has 1 fully saturated rings. The lowest BCUT2D eigenvalue weighted by atomic mass is 10.0. The summed E-state index contributed by atoms with van der Waals surface area (Å²) in [6, 6.07) is 10.5. The fourth-order valence-corrected chi connectivity index (χ4v) is 2.80. The molecule has 0 N–H and O–H groups in total. The molecule has 1 heterocycles. The van der Waals surface area contributed by atoms with Gasteiger partial charge in [-0.15, -0.1) is 0 Å². The molecule has 100 valence electrons. The van der Waals surface area contributed by atoms with Crippen LogP contribution in [0.25, 0.3) is 0 Å². The summed E-state index contributed by atoms with van der Waals surface area (Å²) < 4.78 is 11.5. The van der Waals surface area contributed by atoms with E-state index < -0.39 is 0 Å². The third-order valence-corrected chi connectivity index (χ3v) is 4.14. The molecule has 0 saturated carbocycles. The maximum Gasteiger partial charge on any atom is 0.0808 e.